The van der Waals surface area contributed by atoms with E-state index in [1.165, 1.54) is 10.5 Å². The summed E-state index contributed by atoms with van der Waals surface area (Å²) in [6.45, 7) is 7.24. The van der Waals surface area contributed by atoms with E-state index >= 15 is 0 Å². The minimum atomic E-state index is -1.85. The zero-order valence-electron chi connectivity index (χ0n) is 14.5. The van der Waals surface area contributed by atoms with Gasteiger partial charge in [0.15, 0.2) is 0 Å². The number of ketones is 1. The molecule has 0 saturated heterocycles. The van der Waals surface area contributed by atoms with E-state index in [0.29, 0.717) is 6.42 Å². The van der Waals surface area contributed by atoms with Crippen molar-refractivity contribution in [3.63, 3.8) is 0 Å². The SMILES string of the molecule is C[Si](C)(C)C/C(=C/CC(=O)c1ccccc1)[CH2][Sn]([CH3])([CH3])[CH3]. The monoisotopic (exact) mass is 410 g/mol. The van der Waals surface area contributed by atoms with E-state index in [2.05, 4.69) is 40.5 Å². The standard InChI is InChI=1S/C15H21OSi.3CH3.Sn/c1-13(12-17(2,3)4)10-11-15(16)14-8-6-5-7-9-14;;;;/h5-10H,1,11-12H2,2-4H3;3*1H3;/b13-10+;;;;. The van der Waals surface area contributed by atoms with E-state index in [1.807, 2.05) is 30.3 Å². The number of allylic oxidation sites excluding steroid dienone is 2. The van der Waals surface area contributed by atoms with Crippen LogP contribution in [0.5, 0.6) is 0 Å². The molecule has 0 amide bonds. The van der Waals surface area contributed by atoms with Crippen LogP contribution in [0.3, 0.4) is 0 Å². The Balaban J connectivity index is 2.80. The molecule has 0 N–H and O–H groups in total. The van der Waals surface area contributed by atoms with Gasteiger partial charge in [-0.3, -0.25) is 0 Å². The quantitative estimate of drug-likeness (QED) is 0.313. The van der Waals surface area contributed by atoms with Crippen molar-refractivity contribution < 1.29 is 4.79 Å². The molecule has 0 radical (unpaired) electrons. The Hall–Kier alpha value is -0.354. The van der Waals surface area contributed by atoms with Gasteiger partial charge in [-0.25, -0.2) is 0 Å². The van der Waals surface area contributed by atoms with Gasteiger partial charge in [0.2, 0.25) is 0 Å². The molecule has 0 bridgehead atoms. The minimum absolute atomic E-state index is 0.243. The fourth-order valence-corrected chi connectivity index (χ4v) is 9.55. The zero-order valence-corrected chi connectivity index (χ0v) is 18.3. The molecule has 0 atom stereocenters. The Morgan fingerprint density at radius 1 is 1.10 bits per heavy atom. The zero-order chi connectivity index (χ0) is 16.1. The first-order chi connectivity index (χ1) is 9.57. The average molecular weight is 409 g/mol. The van der Waals surface area contributed by atoms with Crippen LogP contribution in [-0.4, -0.2) is 32.2 Å². The number of carbonyl (C=O) groups is 1. The van der Waals surface area contributed by atoms with Gasteiger partial charge in [-0.05, 0) is 0 Å². The topological polar surface area (TPSA) is 17.1 Å². The van der Waals surface area contributed by atoms with Crippen molar-refractivity contribution in [2.75, 3.05) is 0 Å². The average Bonchev–Trinajstić information content (AvgIpc) is 2.33. The van der Waals surface area contributed by atoms with Crippen molar-refractivity contribution in [3.05, 3.63) is 47.5 Å². The number of hydrogen-bond donors (Lipinski definition) is 0. The van der Waals surface area contributed by atoms with E-state index in [1.54, 1.807) is 5.57 Å². The van der Waals surface area contributed by atoms with E-state index in [4.69, 9.17) is 0 Å². The molecule has 1 aromatic rings. The second-order valence-electron chi connectivity index (χ2n) is 8.33. The summed E-state index contributed by atoms with van der Waals surface area (Å²) in [4.78, 5) is 19.7. The number of benzene rings is 1. The maximum absolute atomic E-state index is 12.3. The second kappa shape index (κ2) is 7.77. The summed E-state index contributed by atoms with van der Waals surface area (Å²) >= 11 is -1.85. The fourth-order valence-electron chi connectivity index (χ4n) is 2.55. The number of hydrogen-bond acceptors (Lipinski definition) is 1. The third-order valence-electron chi connectivity index (χ3n) is 3.19. The molecular formula is C18H30OSiSn. The van der Waals surface area contributed by atoms with Crippen LogP contribution in [0, 0.1) is 0 Å². The van der Waals surface area contributed by atoms with Gasteiger partial charge in [0, 0.05) is 0 Å². The van der Waals surface area contributed by atoms with E-state index in [9.17, 15) is 4.79 Å². The van der Waals surface area contributed by atoms with Crippen LogP contribution in [-0.2, 0) is 0 Å². The van der Waals surface area contributed by atoms with Crippen LogP contribution < -0.4 is 0 Å². The number of rotatable bonds is 7. The van der Waals surface area contributed by atoms with Crippen LogP contribution in [0.2, 0.25) is 44.9 Å². The third kappa shape index (κ3) is 8.62. The van der Waals surface area contributed by atoms with Crippen molar-refractivity contribution in [3.8, 4) is 0 Å². The van der Waals surface area contributed by atoms with E-state index in [-0.39, 0.29) is 5.78 Å². The van der Waals surface area contributed by atoms with Crippen molar-refractivity contribution in [2.45, 2.75) is 51.4 Å². The molecule has 0 aromatic heterocycles. The van der Waals surface area contributed by atoms with Gasteiger partial charge in [0.25, 0.3) is 0 Å². The van der Waals surface area contributed by atoms with Gasteiger partial charge in [0.05, 0.1) is 0 Å². The Morgan fingerprint density at radius 3 is 2.14 bits per heavy atom. The van der Waals surface area contributed by atoms with Crippen LogP contribution in [0.1, 0.15) is 16.8 Å². The molecule has 0 fully saturated rings. The number of carbonyl (C=O) groups excluding carboxylic acids is 1. The predicted molar refractivity (Wildman–Crippen MR) is 99.8 cm³/mol. The Kier molecular flexibility index (Phi) is 6.92. The molecule has 116 valence electrons. The van der Waals surface area contributed by atoms with Crippen molar-refractivity contribution in [1.82, 2.24) is 0 Å². The molecule has 1 aromatic carbocycles. The van der Waals surface area contributed by atoms with Crippen LogP contribution in [0.25, 0.3) is 0 Å². The van der Waals surface area contributed by atoms with Gasteiger partial charge in [-0.15, -0.1) is 0 Å². The first kappa shape index (κ1) is 18.7. The molecule has 1 rings (SSSR count). The maximum atomic E-state index is 12.3. The summed E-state index contributed by atoms with van der Waals surface area (Å²) in [5, 5.41) is 0. The molecule has 0 aliphatic rings. The summed E-state index contributed by atoms with van der Waals surface area (Å²) in [6, 6.07) is 10.9. The molecular weight excluding hydrogens is 379 g/mol. The summed E-state index contributed by atoms with van der Waals surface area (Å²) < 4.78 is 1.29. The number of Topliss-reactive ketones (excluding diaryl/α,β-unsaturated/α-hetero) is 1. The summed E-state index contributed by atoms with van der Waals surface area (Å²) in [6.07, 6.45) is 2.81. The summed E-state index contributed by atoms with van der Waals surface area (Å²) in [5.74, 6) is 0.243. The molecule has 0 heterocycles. The van der Waals surface area contributed by atoms with E-state index < -0.39 is 26.5 Å². The molecule has 0 aliphatic carbocycles. The summed E-state index contributed by atoms with van der Waals surface area (Å²) in [7, 11) is -1.12. The van der Waals surface area contributed by atoms with E-state index in [0.717, 1.165) is 5.56 Å². The second-order valence-corrected chi connectivity index (χ2v) is 29.4. The Labute approximate surface area is 135 Å². The molecule has 21 heavy (non-hydrogen) atoms. The molecule has 1 nitrogen and oxygen atoms in total. The molecule has 0 saturated carbocycles. The predicted octanol–water partition coefficient (Wildman–Crippen LogP) is 5.86. The van der Waals surface area contributed by atoms with Gasteiger partial charge in [0.1, 0.15) is 0 Å². The third-order valence-corrected chi connectivity index (χ3v) is 9.02. The summed E-state index contributed by atoms with van der Waals surface area (Å²) in [5.41, 5.74) is 2.39. The Morgan fingerprint density at radius 2 is 1.67 bits per heavy atom. The van der Waals surface area contributed by atoms with Gasteiger partial charge in [-0.1, -0.05) is 0 Å². The van der Waals surface area contributed by atoms with Crippen LogP contribution in [0.4, 0.5) is 0 Å². The van der Waals surface area contributed by atoms with Gasteiger partial charge in [-0.2, -0.15) is 0 Å². The fraction of sp³-hybridized carbons (Fsp3) is 0.500. The molecule has 3 heteroatoms. The van der Waals surface area contributed by atoms with Crippen molar-refractivity contribution >= 4 is 32.2 Å². The van der Waals surface area contributed by atoms with Gasteiger partial charge < -0.3 is 0 Å². The van der Waals surface area contributed by atoms with Crippen molar-refractivity contribution in [1.29, 1.82) is 0 Å². The molecule has 0 aliphatic heterocycles. The first-order valence-corrected chi connectivity index (χ1v) is 22.1. The normalized spacial score (nSPS) is 13.3. The van der Waals surface area contributed by atoms with Crippen molar-refractivity contribution in [2.24, 2.45) is 0 Å². The van der Waals surface area contributed by atoms with Gasteiger partial charge >= 0.3 is 136 Å². The Bertz CT molecular complexity index is 474. The molecule has 0 unspecified atom stereocenters. The first-order valence-electron chi connectivity index (χ1n) is 7.83. The van der Waals surface area contributed by atoms with Crippen LogP contribution in [0.15, 0.2) is 42.0 Å². The molecule has 0 spiro atoms. The van der Waals surface area contributed by atoms with Crippen LogP contribution >= 0.6 is 0 Å².